The normalized spacial score (nSPS) is 11.1. The van der Waals surface area contributed by atoms with Crippen LogP contribution in [0.1, 0.15) is 6.42 Å². The maximum atomic E-state index is 12.0. The molecule has 0 fully saturated rings. The molecule has 1 aromatic carbocycles. The predicted octanol–water partition coefficient (Wildman–Crippen LogP) is 3.83. The van der Waals surface area contributed by atoms with Gasteiger partial charge in [0.25, 0.3) is 0 Å². The van der Waals surface area contributed by atoms with E-state index in [9.17, 15) is 18.0 Å². The lowest BCUT2D eigenvalue weighted by Gasteiger charge is -2.17. The summed E-state index contributed by atoms with van der Waals surface area (Å²) in [7, 11) is 1.64. The number of carbonyl (C=O) groups is 1. The summed E-state index contributed by atoms with van der Waals surface area (Å²) >= 11 is 3.26. The minimum atomic E-state index is -4.72. The van der Waals surface area contributed by atoms with Gasteiger partial charge in [-0.2, -0.15) is 0 Å². The first kappa shape index (κ1) is 16.6. The molecule has 0 bridgehead atoms. The summed E-state index contributed by atoms with van der Waals surface area (Å²) in [5.41, 5.74) is 0.398. The van der Waals surface area contributed by atoms with E-state index in [4.69, 9.17) is 0 Å². The molecule has 1 aromatic rings. The highest BCUT2D eigenvalue weighted by Gasteiger charge is 2.30. The van der Waals surface area contributed by atoms with Crippen LogP contribution in [0.25, 0.3) is 0 Å². The fourth-order valence-corrected chi connectivity index (χ4v) is 1.61. The quantitative estimate of drug-likeness (QED) is 0.816. The van der Waals surface area contributed by atoms with Crippen molar-refractivity contribution >= 4 is 27.6 Å². The van der Waals surface area contributed by atoms with Crippen LogP contribution in [0.2, 0.25) is 0 Å². The summed E-state index contributed by atoms with van der Waals surface area (Å²) in [5, 5.41) is 3.36. The molecule has 112 valence electrons. The van der Waals surface area contributed by atoms with Crippen molar-refractivity contribution in [2.24, 2.45) is 0 Å². The second kappa shape index (κ2) is 7.37. The van der Waals surface area contributed by atoms with Gasteiger partial charge in [-0.05, 0) is 30.7 Å². The second-order valence-corrected chi connectivity index (χ2v) is 4.76. The molecular weight excluding hydrogens is 341 g/mol. The molecule has 1 rings (SSSR count). The molecule has 0 aliphatic heterocycles. The molecule has 0 unspecified atom stereocenters. The third-order valence-electron chi connectivity index (χ3n) is 2.31. The zero-order valence-corrected chi connectivity index (χ0v) is 12.3. The van der Waals surface area contributed by atoms with Crippen LogP contribution in [-0.2, 0) is 0 Å². The highest BCUT2D eigenvalue weighted by atomic mass is 79.9. The van der Waals surface area contributed by atoms with Gasteiger partial charge in [0.1, 0.15) is 5.75 Å². The van der Waals surface area contributed by atoms with Crippen molar-refractivity contribution in [1.82, 2.24) is 4.90 Å². The number of alkyl halides is 4. The topological polar surface area (TPSA) is 41.6 Å². The molecule has 0 aromatic heterocycles. The van der Waals surface area contributed by atoms with Gasteiger partial charge in [0.15, 0.2) is 0 Å². The Bertz CT molecular complexity index is 437. The SMILES string of the molecule is CN(CCCBr)C(=O)Nc1ccc(OC(F)(F)F)cc1. The molecule has 0 radical (unpaired) electrons. The highest BCUT2D eigenvalue weighted by Crippen LogP contribution is 2.23. The van der Waals surface area contributed by atoms with Crippen molar-refractivity contribution in [3.8, 4) is 5.75 Å². The number of urea groups is 1. The van der Waals surface area contributed by atoms with E-state index in [2.05, 4.69) is 26.0 Å². The Hall–Kier alpha value is -1.44. The first-order chi connectivity index (χ1) is 9.31. The zero-order valence-electron chi connectivity index (χ0n) is 10.7. The van der Waals surface area contributed by atoms with Crippen molar-refractivity contribution in [2.45, 2.75) is 12.8 Å². The molecule has 1 N–H and O–H groups in total. The molecular formula is C12H14BrF3N2O2. The van der Waals surface area contributed by atoms with Crippen LogP contribution in [-0.4, -0.2) is 36.2 Å². The summed E-state index contributed by atoms with van der Waals surface area (Å²) in [6, 6.07) is 4.65. The lowest BCUT2D eigenvalue weighted by Crippen LogP contribution is -2.32. The third-order valence-corrected chi connectivity index (χ3v) is 2.87. The van der Waals surface area contributed by atoms with E-state index in [1.807, 2.05) is 0 Å². The largest absolute Gasteiger partial charge is 0.573 e. The number of nitrogens with zero attached hydrogens (tertiary/aromatic N) is 1. The minimum absolute atomic E-state index is 0.324. The summed E-state index contributed by atoms with van der Waals surface area (Å²) in [6.07, 6.45) is -3.91. The van der Waals surface area contributed by atoms with E-state index in [1.54, 1.807) is 7.05 Å². The Labute approximate surface area is 123 Å². The standard InChI is InChI=1S/C12H14BrF3N2O2/c1-18(8-2-7-13)11(19)17-9-3-5-10(6-4-9)20-12(14,15)16/h3-6H,2,7-8H2,1H3,(H,17,19). The van der Waals surface area contributed by atoms with Crippen molar-refractivity contribution in [3.05, 3.63) is 24.3 Å². The number of amides is 2. The second-order valence-electron chi connectivity index (χ2n) is 3.97. The molecule has 4 nitrogen and oxygen atoms in total. The van der Waals surface area contributed by atoms with E-state index < -0.39 is 6.36 Å². The Kier molecular flexibility index (Phi) is 6.12. The summed E-state index contributed by atoms with van der Waals surface area (Å²) in [5.74, 6) is -0.330. The lowest BCUT2D eigenvalue weighted by atomic mass is 10.3. The van der Waals surface area contributed by atoms with Crippen LogP contribution in [0.5, 0.6) is 5.75 Å². The Morgan fingerprint density at radius 1 is 1.35 bits per heavy atom. The van der Waals surface area contributed by atoms with Crippen molar-refractivity contribution < 1.29 is 22.7 Å². The van der Waals surface area contributed by atoms with E-state index in [1.165, 1.54) is 17.0 Å². The van der Waals surface area contributed by atoms with Gasteiger partial charge in [0.05, 0.1) is 0 Å². The molecule has 0 atom stereocenters. The van der Waals surface area contributed by atoms with Crippen LogP contribution in [0.15, 0.2) is 24.3 Å². The van der Waals surface area contributed by atoms with E-state index in [0.717, 1.165) is 23.9 Å². The number of ether oxygens (including phenoxy) is 1. The number of hydrogen-bond acceptors (Lipinski definition) is 2. The smallest absolute Gasteiger partial charge is 0.406 e. The first-order valence-corrected chi connectivity index (χ1v) is 6.88. The average molecular weight is 355 g/mol. The summed E-state index contributed by atoms with van der Waals surface area (Å²) in [6.45, 7) is 0.576. The first-order valence-electron chi connectivity index (χ1n) is 5.75. The third kappa shape index (κ3) is 6.14. The number of nitrogens with one attached hydrogen (secondary N) is 1. The van der Waals surface area contributed by atoms with Gasteiger partial charge in [-0.1, -0.05) is 15.9 Å². The fourth-order valence-electron chi connectivity index (χ4n) is 1.36. The number of halogens is 4. The van der Waals surface area contributed by atoms with Crippen LogP contribution in [0, 0.1) is 0 Å². The van der Waals surface area contributed by atoms with Gasteiger partial charge in [0, 0.05) is 24.6 Å². The van der Waals surface area contributed by atoms with E-state index >= 15 is 0 Å². The monoisotopic (exact) mass is 354 g/mol. The molecule has 0 spiro atoms. The number of carbonyl (C=O) groups excluding carboxylic acids is 1. The van der Waals surface area contributed by atoms with Crippen molar-refractivity contribution in [3.63, 3.8) is 0 Å². The van der Waals surface area contributed by atoms with Crippen LogP contribution >= 0.6 is 15.9 Å². The number of anilines is 1. The maximum Gasteiger partial charge on any atom is 0.573 e. The summed E-state index contributed by atoms with van der Waals surface area (Å²) in [4.78, 5) is 13.2. The number of hydrogen-bond donors (Lipinski definition) is 1. The van der Waals surface area contributed by atoms with Gasteiger partial charge >= 0.3 is 12.4 Å². The molecule has 0 aliphatic carbocycles. The predicted molar refractivity (Wildman–Crippen MR) is 73.2 cm³/mol. The molecule has 20 heavy (non-hydrogen) atoms. The fraction of sp³-hybridized carbons (Fsp3) is 0.417. The molecule has 0 saturated carbocycles. The minimum Gasteiger partial charge on any atom is -0.406 e. The lowest BCUT2D eigenvalue weighted by molar-refractivity contribution is -0.274. The van der Waals surface area contributed by atoms with Crippen molar-refractivity contribution in [2.75, 3.05) is 24.2 Å². The van der Waals surface area contributed by atoms with E-state index in [-0.39, 0.29) is 11.8 Å². The maximum absolute atomic E-state index is 12.0. The van der Waals surface area contributed by atoms with Crippen molar-refractivity contribution in [1.29, 1.82) is 0 Å². The summed E-state index contributed by atoms with van der Waals surface area (Å²) < 4.78 is 39.7. The molecule has 0 aliphatic rings. The molecule has 2 amide bonds. The van der Waals surface area contributed by atoms with Gasteiger partial charge in [0.2, 0.25) is 0 Å². The van der Waals surface area contributed by atoms with Crippen LogP contribution in [0.3, 0.4) is 0 Å². The molecule has 0 saturated heterocycles. The average Bonchev–Trinajstić information content (AvgIpc) is 2.36. The van der Waals surface area contributed by atoms with Gasteiger partial charge in [-0.15, -0.1) is 13.2 Å². The molecule has 0 heterocycles. The Morgan fingerprint density at radius 2 is 1.95 bits per heavy atom. The Balaban J connectivity index is 2.55. The Morgan fingerprint density at radius 3 is 2.45 bits per heavy atom. The highest BCUT2D eigenvalue weighted by molar-refractivity contribution is 9.09. The zero-order chi connectivity index (χ0) is 15.2. The van der Waals surface area contributed by atoms with Gasteiger partial charge in [-0.3, -0.25) is 0 Å². The number of benzene rings is 1. The van der Waals surface area contributed by atoms with Gasteiger partial charge in [-0.25, -0.2) is 4.79 Å². The number of rotatable bonds is 5. The van der Waals surface area contributed by atoms with E-state index in [0.29, 0.717) is 12.2 Å². The van der Waals surface area contributed by atoms with Crippen LogP contribution in [0.4, 0.5) is 23.7 Å². The molecule has 8 heteroatoms. The van der Waals surface area contributed by atoms with Gasteiger partial charge < -0.3 is 15.0 Å². The van der Waals surface area contributed by atoms with Crippen LogP contribution < -0.4 is 10.1 Å².